The van der Waals surface area contributed by atoms with Crippen molar-refractivity contribution in [2.75, 3.05) is 12.4 Å². The number of hydrogen-bond acceptors (Lipinski definition) is 3. The third kappa shape index (κ3) is 3.98. The molecule has 2 rings (SSSR count). The number of ether oxygens (including phenoxy) is 1. The summed E-state index contributed by atoms with van der Waals surface area (Å²) in [7, 11) is 1.55. The Morgan fingerprint density at radius 3 is 2.62 bits per heavy atom. The van der Waals surface area contributed by atoms with Crippen LogP contribution < -0.4 is 10.1 Å². The molecule has 0 saturated carbocycles. The zero-order chi connectivity index (χ0) is 15.2. The van der Waals surface area contributed by atoms with E-state index in [0.29, 0.717) is 22.0 Å². The molecule has 0 atom stereocenters. The summed E-state index contributed by atoms with van der Waals surface area (Å²) in [4.78, 5) is 12.0. The van der Waals surface area contributed by atoms with Crippen LogP contribution in [0.15, 0.2) is 42.5 Å². The molecule has 0 aliphatic heterocycles. The van der Waals surface area contributed by atoms with Crippen molar-refractivity contribution in [2.45, 2.75) is 6.42 Å². The monoisotopic (exact) mass is 300 g/mol. The lowest BCUT2D eigenvalue weighted by Crippen LogP contribution is -2.14. The van der Waals surface area contributed by atoms with E-state index in [1.807, 2.05) is 6.07 Å². The van der Waals surface area contributed by atoms with Crippen molar-refractivity contribution in [3.05, 3.63) is 58.6 Å². The molecule has 1 N–H and O–H groups in total. The lowest BCUT2D eigenvalue weighted by molar-refractivity contribution is -0.115. The molecule has 0 saturated heterocycles. The van der Waals surface area contributed by atoms with Crippen LogP contribution in [0.4, 0.5) is 5.69 Å². The number of rotatable bonds is 4. The first-order chi connectivity index (χ1) is 10.1. The number of benzene rings is 2. The Hall–Kier alpha value is -2.51. The number of nitrogens with one attached hydrogen (secondary N) is 1. The van der Waals surface area contributed by atoms with E-state index >= 15 is 0 Å². The van der Waals surface area contributed by atoms with Gasteiger partial charge < -0.3 is 10.1 Å². The van der Waals surface area contributed by atoms with Crippen molar-refractivity contribution in [1.82, 2.24) is 0 Å². The average Bonchev–Trinajstić information content (AvgIpc) is 2.48. The second kappa shape index (κ2) is 6.78. The number of amides is 1. The van der Waals surface area contributed by atoms with Crippen LogP contribution in [0, 0.1) is 11.3 Å². The lowest BCUT2D eigenvalue weighted by Gasteiger charge is -2.09. The number of nitriles is 1. The minimum Gasteiger partial charge on any atom is -0.496 e. The molecule has 0 spiro atoms. The molecule has 0 heterocycles. The topological polar surface area (TPSA) is 62.1 Å². The first kappa shape index (κ1) is 14.9. The van der Waals surface area contributed by atoms with Crippen molar-refractivity contribution in [3.63, 3.8) is 0 Å². The normalized spacial score (nSPS) is 9.76. The minimum atomic E-state index is -0.180. The Kier molecular flexibility index (Phi) is 4.81. The molecule has 0 bridgehead atoms. The maximum atomic E-state index is 12.0. The molecule has 1 amide bonds. The molecule has 2 aromatic carbocycles. The Bertz CT molecular complexity index is 690. The maximum absolute atomic E-state index is 12.0. The van der Waals surface area contributed by atoms with Crippen molar-refractivity contribution in [2.24, 2.45) is 0 Å². The third-order valence-electron chi connectivity index (χ3n) is 2.89. The van der Waals surface area contributed by atoms with E-state index in [1.165, 1.54) is 0 Å². The van der Waals surface area contributed by atoms with E-state index in [-0.39, 0.29) is 12.3 Å². The molecule has 106 valence electrons. The zero-order valence-corrected chi connectivity index (χ0v) is 12.1. The number of anilines is 1. The summed E-state index contributed by atoms with van der Waals surface area (Å²) in [5.41, 5.74) is 1.90. The first-order valence-electron chi connectivity index (χ1n) is 6.25. The van der Waals surface area contributed by atoms with Gasteiger partial charge in [-0.3, -0.25) is 4.79 Å². The Balaban J connectivity index is 2.07. The van der Waals surface area contributed by atoms with Gasteiger partial charge in [0, 0.05) is 16.3 Å². The maximum Gasteiger partial charge on any atom is 0.228 e. The summed E-state index contributed by atoms with van der Waals surface area (Å²) in [6.07, 6.45) is 0.156. The van der Waals surface area contributed by atoms with Gasteiger partial charge >= 0.3 is 0 Å². The van der Waals surface area contributed by atoms with Crippen LogP contribution in [-0.4, -0.2) is 13.0 Å². The SMILES string of the molecule is COc1ccc(Cl)cc1CC(=O)Nc1ccc(C#N)cc1. The molecule has 0 aromatic heterocycles. The molecule has 0 radical (unpaired) electrons. The van der Waals surface area contributed by atoms with E-state index < -0.39 is 0 Å². The highest BCUT2D eigenvalue weighted by molar-refractivity contribution is 6.30. The highest BCUT2D eigenvalue weighted by Crippen LogP contribution is 2.23. The smallest absolute Gasteiger partial charge is 0.228 e. The van der Waals surface area contributed by atoms with E-state index in [2.05, 4.69) is 5.32 Å². The number of methoxy groups -OCH3 is 1. The Morgan fingerprint density at radius 1 is 1.29 bits per heavy atom. The highest BCUT2D eigenvalue weighted by Gasteiger charge is 2.10. The van der Waals surface area contributed by atoms with Gasteiger partial charge in [0.15, 0.2) is 0 Å². The zero-order valence-electron chi connectivity index (χ0n) is 11.4. The summed E-state index contributed by atoms with van der Waals surface area (Å²) >= 11 is 5.93. The second-order valence-corrected chi connectivity index (χ2v) is 4.81. The van der Waals surface area contributed by atoms with Crippen LogP contribution in [0.2, 0.25) is 5.02 Å². The van der Waals surface area contributed by atoms with Gasteiger partial charge in [-0.1, -0.05) is 11.6 Å². The fourth-order valence-electron chi connectivity index (χ4n) is 1.89. The summed E-state index contributed by atoms with van der Waals surface area (Å²) in [6.45, 7) is 0. The van der Waals surface area contributed by atoms with Crippen LogP contribution in [-0.2, 0) is 11.2 Å². The number of hydrogen-bond donors (Lipinski definition) is 1. The predicted molar refractivity (Wildman–Crippen MR) is 81.5 cm³/mol. The van der Waals surface area contributed by atoms with Gasteiger partial charge in [-0.25, -0.2) is 0 Å². The number of carbonyl (C=O) groups excluding carboxylic acids is 1. The molecule has 0 aliphatic rings. The van der Waals surface area contributed by atoms with Gasteiger partial charge in [0.25, 0.3) is 0 Å². The molecule has 4 nitrogen and oxygen atoms in total. The van der Waals surface area contributed by atoms with E-state index in [0.717, 1.165) is 5.56 Å². The van der Waals surface area contributed by atoms with Crippen LogP contribution in [0.3, 0.4) is 0 Å². The van der Waals surface area contributed by atoms with Crippen LogP contribution in [0.5, 0.6) is 5.75 Å². The van der Waals surface area contributed by atoms with Gasteiger partial charge in [0.05, 0.1) is 25.2 Å². The van der Waals surface area contributed by atoms with Gasteiger partial charge in [-0.15, -0.1) is 0 Å². The number of nitrogens with zero attached hydrogens (tertiary/aromatic N) is 1. The average molecular weight is 301 g/mol. The second-order valence-electron chi connectivity index (χ2n) is 4.37. The fourth-order valence-corrected chi connectivity index (χ4v) is 2.09. The first-order valence-corrected chi connectivity index (χ1v) is 6.62. The standard InChI is InChI=1S/C16H13ClN2O2/c1-21-15-7-4-13(17)8-12(15)9-16(20)19-14-5-2-11(10-18)3-6-14/h2-8H,9H2,1H3,(H,19,20). The Labute approximate surface area is 127 Å². The van der Waals surface area contributed by atoms with E-state index in [9.17, 15) is 4.79 Å². The summed E-state index contributed by atoms with van der Waals surface area (Å²) in [6, 6.07) is 13.8. The fraction of sp³-hybridized carbons (Fsp3) is 0.125. The molecule has 0 unspecified atom stereocenters. The van der Waals surface area contributed by atoms with E-state index in [1.54, 1.807) is 49.6 Å². The lowest BCUT2D eigenvalue weighted by atomic mass is 10.1. The largest absolute Gasteiger partial charge is 0.496 e. The van der Waals surface area contributed by atoms with Crippen molar-refractivity contribution in [1.29, 1.82) is 5.26 Å². The molecule has 0 aliphatic carbocycles. The molecular formula is C16H13ClN2O2. The summed E-state index contributed by atoms with van der Waals surface area (Å²) in [5, 5.41) is 12.0. The van der Waals surface area contributed by atoms with Crippen LogP contribution in [0.1, 0.15) is 11.1 Å². The van der Waals surface area contributed by atoms with Crippen molar-refractivity contribution < 1.29 is 9.53 Å². The molecule has 21 heavy (non-hydrogen) atoms. The summed E-state index contributed by atoms with van der Waals surface area (Å²) in [5.74, 6) is 0.439. The molecular weight excluding hydrogens is 288 g/mol. The molecule has 0 fully saturated rings. The third-order valence-corrected chi connectivity index (χ3v) is 3.13. The van der Waals surface area contributed by atoms with Gasteiger partial charge in [0.2, 0.25) is 5.91 Å². The van der Waals surface area contributed by atoms with E-state index in [4.69, 9.17) is 21.6 Å². The van der Waals surface area contributed by atoms with Crippen LogP contribution in [0.25, 0.3) is 0 Å². The van der Waals surface area contributed by atoms with Crippen molar-refractivity contribution in [3.8, 4) is 11.8 Å². The molecule has 2 aromatic rings. The number of carbonyl (C=O) groups is 1. The van der Waals surface area contributed by atoms with Crippen molar-refractivity contribution >= 4 is 23.2 Å². The Morgan fingerprint density at radius 2 is 2.00 bits per heavy atom. The van der Waals surface area contributed by atoms with Gasteiger partial charge in [0.1, 0.15) is 5.75 Å². The van der Waals surface area contributed by atoms with Crippen LogP contribution >= 0.6 is 11.6 Å². The van der Waals surface area contributed by atoms with Gasteiger partial charge in [-0.2, -0.15) is 5.26 Å². The minimum absolute atomic E-state index is 0.156. The highest BCUT2D eigenvalue weighted by atomic mass is 35.5. The molecule has 5 heteroatoms. The quantitative estimate of drug-likeness (QED) is 0.941. The summed E-state index contributed by atoms with van der Waals surface area (Å²) < 4.78 is 5.21. The number of halogens is 1. The van der Waals surface area contributed by atoms with Gasteiger partial charge in [-0.05, 0) is 42.5 Å². The predicted octanol–water partition coefficient (Wildman–Crippen LogP) is 3.40.